The number of imidazole rings is 1. The zero-order valence-corrected chi connectivity index (χ0v) is 15.6. The quantitative estimate of drug-likeness (QED) is 0.656. The van der Waals surface area contributed by atoms with E-state index in [4.69, 9.17) is 4.74 Å². The summed E-state index contributed by atoms with van der Waals surface area (Å²) in [4.78, 5) is 27.7. The maximum atomic E-state index is 12.3. The van der Waals surface area contributed by atoms with Crippen molar-refractivity contribution < 1.29 is 9.53 Å². The van der Waals surface area contributed by atoms with Gasteiger partial charge in [0.05, 0.1) is 12.6 Å². The Hall–Kier alpha value is -3.01. The molecular weight excluding hydrogens is 348 g/mol. The van der Waals surface area contributed by atoms with Crippen LogP contribution in [-0.2, 0) is 11.3 Å². The van der Waals surface area contributed by atoms with E-state index in [9.17, 15) is 4.79 Å². The highest BCUT2D eigenvalue weighted by molar-refractivity contribution is 5.92. The molecule has 10 nitrogen and oxygen atoms in total. The maximum Gasteiger partial charge on any atom is 0.271 e. The number of anilines is 1. The van der Waals surface area contributed by atoms with E-state index in [1.54, 1.807) is 11.6 Å². The van der Waals surface area contributed by atoms with Crippen molar-refractivity contribution in [3.63, 3.8) is 0 Å². The highest BCUT2D eigenvalue weighted by Crippen LogP contribution is 2.30. The first-order valence-electron chi connectivity index (χ1n) is 8.86. The summed E-state index contributed by atoms with van der Waals surface area (Å²) >= 11 is 0. The first-order chi connectivity index (χ1) is 13.1. The van der Waals surface area contributed by atoms with Gasteiger partial charge in [0, 0.05) is 44.7 Å². The minimum Gasteiger partial charge on any atom is -0.383 e. The fourth-order valence-electron chi connectivity index (χ4n) is 3.39. The Kier molecular flexibility index (Phi) is 4.48. The Morgan fingerprint density at radius 1 is 1.37 bits per heavy atom. The molecule has 1 atom stereocenters. The van der Waals surface area contributed by atoms with Crippen LogP contribution in [0.4, 0.5) is 5.82 Å². The monoisotopic (exact) mass is 370 g/mol. The lowest BCUT2D eigenvalue weighted by molar-refractivity contribution is 0.0932. The molecule has 4 rings (SSSR count). The topological polar surface area (TPSA) is 102 Å². The first-order valence-corrected chi connectivity index (χ1v) is 8.86. The second-order valence-corrected chi connectivity index (χ2v) is 6.52. The molecule has 0 radical (unpaired) electrons. The Morgan fingerprint density at radius 3 is 3.04 bits per heavy atom. The van der Waals surface area contributed by atoms with Gasteiger partial charge in [-0.3, -0.25) is 4.79 Å². The summed E-state index contributed by atoms with van der Waals surface area (Å²) in [6.07, 6.45) is 3.32. The van der Waals surface area contributed by atoms with E-state index in [1.165, 1.54) is 6.33 Å². The molecule has 0 spiro atoms. The van der Waals surface area contributed by atoms with Crippen LogP contribution in [0.15, 0.2) is 18.6 Å². The van der Waals surface area contributed by atoms with Crippen LogP contribution in [0.25, 0.3) is 5.78 Å². The zero-order valence-electron chi connectivity index (χ0n) is 15.6. The van der Waals surface area contributed by atoms with E-state index in [2.05, 4.69) is 37.2 Å². The molecule has 142 valence electrons. The van der Waals surface area contributed by atoms with E-state index in [-0.39, 0.29) is 11.9 Å². The lowest BCUT2D eigenvalue weighted by Gasteiger charge is -2.35. The van der Waals surface area contributed by atoms with E-state index < -0.39 is 0 Å². The van der Waals surface area contributed by atoms with Gasteiger partial charge in [0.2, 0.25) is 0 Å². The third kappa shape index (κ3) is 3.12. The fraction of sp³-hybridized carbons (Fsp3) is 0.471. The van der Waals surface area contributed by atoms with Gasteiger partial charge in [-0.25, -0.2) is 9.97 Å². The second-order valence-electron chi connectivity index (χ2n) is 6.52. The summed E-state index contributed by atoms with van der Waals surface area (Å²) in [6.45, 7) is 6.45. The first kappa shape index (κ1) is 17.4. The van der Waals surface area contributed by atoms with Gasteiger partial charge in [0.25, 0.3) is 11.7 Å². The van der Waals surface area contributed by atoms with Crippen LogP contribution >= 0.6 is 0 Å². The molecule has 3 aromatic heterocycles. The zero-order chi connectivity index (χ0) is 19.0. The summed E-state index contributed by atoms with van der Waals surface area (Å²) in [5.74, 6) is 2.15. The van der Waals surface area contributed by atoms with Crippen molar-refractivity contribution >= 4 is 17.5 Å². The van der Waals surface area contributed by atoms with E-state index in [1.807, 2.05) is 23.8 Å². The van der Waals surface area contributed by atoms with Crippen molar-refractivity contribution in [3.8, 4) is 0 Å². The minimum absolute atomic E-state index is 0.0199. The van der Waals surface area contributed by atoms with Gasteiger partial charge in [-0.2, -0.15) is 14.6 Å². The summed E-state index contributed by atoms with van der Waals surface area (Å²) in [5, 5.41) is 7.11. The number of nitrogens with zero attached hydrogens (tertiary/aromatic N) is 7. The van der Waals surface area contributed by atoms with Crippen LogP contribution in [0, 0.1) is 6.92 Å². The largest absolute Gasteiger partial charge is 0.383 e. The van der Waals surface area contributed by atoms with Gasteiger partial charge < -0.3 is 19.5 Å². The third-order valence-corrected chi connectivity index (χ3v) is 4.71. The molecule has 0 aliphatic carbocycles. The van der Waals surface area contributed by atoms with E-state index in [0.29, 0.717) is 24.6 Å². The van der Waals surface area contributed by atoms with E-state index >= 15 is 0 Å². The Bertz CT molecular complexity index is 979. The number of amides is 1. The molecule has 1 amide bonds. The van der Waals surface area contributed by atoms with Crippen molar-refractivity contribution in [3.05, 3.63) is 35.8 Å². The van der Waals surface area contributed by atoms with Crippen LogP contribution in [0.1, 0.15) is 35.0 Å². The molecule has 27 heavy (non-hydrogen) atoms. The number of hydrogen-bond donors (Lipinski definition) is 1. The van der Waals surface area contributed by atoms with Crippen molar-refractivity contribution in [2.75, 3.05) is 31.7 Å². The molecule has 3 aromatic rings. The van der Waals surface area contributed by atoms with E-state index in [0.717, 1.165) is 30.4 Å². The summed E-state index contributed by atoms with van der Waals surface area (Å²) in [7, 11) is 1.60. The lowest BCUT2D eigenvalue weighted by atomic mass is 10.2. The van der Waals surface area contributed by atoms with Gasteiger partial charge in [-0.15, -0.1) is 0 Å². The van der Waals surface area contributed by atoms with Gasteiger partial charge in [0.15, 0.2) is 0 Å². The number of aryl methyl sites for hydroxylation is 1. The van der Waals surface area contributed by atoms with Gasteiger partial charge in [0.1, 0.15) is 23.7 Å². The van der Waals surface area contributed by atoms with Crippen LogP contribution in [0.5, 0.6) is 0 Å². The van der Waals surface area contributed by atoms with Crippen LogP contribution in [-0.4, -0.2) is 61.8 Å². The lowest BCUT2D eigenvalue weighted by Crippen LogP contribution is -2.38. The number of fused-ring (bicyclic) bond motifs is 2. The molecule has 0 saturated heterocycles. The predicted molar refractivity (Wildman–Crippen MR) is 97.7 cm³/mol. The molecule has 10 heteroatoms. The van der Waals surface area contributed by atoms with Gasteiger partial charge in [-0.1, -0.05) is 0 Å². The number of methoxy groups -OCH3 is 1. The van der Waals surface area contributed by atoms with Crippen molar-refractivity contribution in [1.82, 2.24) is 34.4 Å². The Morgan fingerprint density at radius 2 is 2.22 bits per heavy atom. The summed E-state index contributed by atoms with van der Waals surface area (Å²) in [5.41, 5.74) is 1.30. The molecule has 1 unspecified atom stereocenters. The molecular formula is C17H22N8O2. The van der Waals surface area contributed by atoms with Gasteiger partial charge in [-0.05, 0) is 13.8 Å². The second kappa shape index (κ2) is 6.95. The highest BCUT2D eigenvalue weighted by Gasteiger charge is 2.29. The smallest absolute Gasteiger partial charge is 0.271 e. The molecule has 4 heterocycles. The Balaban J connectivity index is 1.62. The Labute approximate surface area is 156 Å². The summed E-state index contributed by atoms with van der Waals surface area (Å²) in [6, 6.07) is 1.98. The van der Waals surface area contributed by atoms with Crippen molar-refractivity contribution in [2.24, 2.45) is 0 Å². The molecule has 1 aliphatic heterocycles. The van der Waals surface area contributed by atoms with Crippen LogP contribution < -0.4 is 10.2 Å². The SMILES string of the molecule is COCCNC(=O)c1cn2c(n1)C(C)N(c1cc(C)nc3ncnn13)CC2. The highest BCUT2D eigenvalue weighted by atomic mass is 16.5. The normalized spacial score (nSPS) is 16.6. The number of hydrogen-bond acceptors (Lipinski definition) is 7. The van der Waals surface area contributed by atoms with Crippen molar-refractivity contribution in [1.29, 1.82) is 0 Å². The molecule has 0 aromatic carbocycles. The average Bonchev–Trinajstić information content (AvgIpc) is 3.28. The number of aromatic nitrogens is 6. The molecule has 0 bridgehead atoms. The average molecular weight is 370 g/mol. The maximum absolute atomic E-state index is 12.3. The van der Waals surface area contributed by atoms with Crippen molar-refractivity contribution in [2.45, 2.75) is 26.4 Å². The van der Waals surface area contributed by atoms with Crippen LogP contribution in [0.3, 0.4) is 0 Å². The number of carbonyl (C=O) groups excluding carboxylic acids is 1. The minimum atomic E-state index is -0.189. The molecule has 0 fully saturated rings. The number of ether oxygens (including phenoxy) is 1. The number of nitrogens with one attached hydrogen (secondary N) is 1. The standard InChI is InChI=1S/C17H22N8O2/c1-11-8-14(25-17(21-11)19-10-20-25)24-6-5-23-9-13(22-15(23)12(24)2)16(26)18-4-7-27-3/h8-10,12H,4-7H2,1-3H3,(H,18,26). The number of rotatable bonds is 5. The molecule has 1 aliphatic rings. The number of carbonyl (C=O) groups is 1. The molecule has 0 saturated carbocycles. The fourth-order valence-corrected chi connectivity index (χ4v) is 3.39. The predicted octanol–water partition coefficient (Wildman–Crippen LogP) is 0.587. The van der Waals surface area contributed by atoms with Gasteiger partial charge >= 0.3 is 0 Å². The van der Waals surface area contributed by atoms with Crippen LogP contribution in [0.2, 0.25) is 0 Å². The molecule has 1 N–H and O–H groups in total. The summed E-state index contributed by atoms with van der Waals surface area (Å²) < 4.78 is 8.74. The third-order valence-electron chi connectivity index (χ3n) is 4.71.